The van der Waals surface area contributed by atoms with Gasteiger partial charge in [0.15, 0.2) is 0 Å². The van der Waals surface area contributed by atoms with Crippen LogP contribution in [0.1, 0.15) is 11.1 Å². The molecule has 1 N–H and O–H groups in total. The number of nitrogens with one attached hydrogen (secondary N) is 1. The molecule has 0 aromatic heterocycles. The van der Waals surface area contributed by atoms with Crippen LogP contribution in [0.5, 0.6) is 0 Å². The molecule has 0 unspecified atom stereocenters. The van der Waals surface area contributed by atoms with Gasteiger partial charge >= 0.3 is 0 Å². The third-order valence-electron chi connectivity index (χ3n) is 2.49. The molecule has 0 amide bonds. The Hall–Kier alpha value is -1.86. The molecule has 2 rings (SSSR count). The molecule has 0 radical (unpaired) electrons. The fourth-order valence-electron chi connectivity index (χ4n) is 1.53. The predicted octanol–water partition coefficient (Wildman–Crippen LogP) is 4.07. The number of halogens is 2. The second-order valence-corrected chi connectivity index (χ2v) is 4.70. The summed E-state index contributed by atoms with van der Waals surface area (Å²) in [5, 5.41) is 11.7. The number of benzene rings is 2. The molecule has 2 nitrogen and oxygen atoms in total. The van der Waals surface area contributed by atoms with E-state index in [2.05, 4.69) is 27.3 Å². The average molecular weight is 305 g/mol. The standard InChI is InChI=1S/C14H10BrFN2/c15-12-5-6-13(16)14(7-12)18-9-11-3-1-10(8-17)2-4-11/h1-7,18H,9H2. The molecule has 0 aliphatic rings. The Bertz CT molecular complexity index is 588. The molecule has 0 heterocycles. The van der Waals surface area contributed by atoms with Crippen molar-refractivity contribution in [2.75, 3.05) is 5.32 Å². The third kappa shape index (κ3) is 3.08. The van der Waals surface area contributed by atoms with Gasteiger partial charge in [0.2, 0.25) is 0 Å². The average Bonchev–Trinajstić information content (AvgIpc) is 2.40. The summed E-state index contributed by atoms with van der Waals surface area (Å²) >= 11 is 3.30. The smallest absolute Gasteiger partial charge is 0.146 e. The maximum atomic E-state index is 13.5. The highest BCUT2D eigenvalue weighted by Crippen LogP contribution is 2.20. The van der Waals surface area contributed by atoms with Crippen molar-refractivity contribution in [3.63, 3.8) is 0 Å². The molecule has 0 fully saturated rings. The largest absolute Gasteiger partial charge is 0.379 e. The normalized spacial score (nSPS) is 9.83. The summed E-state index contributed by atoms with van der Waals surface area (Å²) in [5.74, 6) is -0.285. The molecule has 0 atom stereocenters. The van der Waals surface area contributed by atoms with Crippen LogP contribution in [0.15, 0.2) is 46.9 Å². The third-order valence-corrected chi connectivity index (χ3v) is 2.99. The maximum Gasteiger partial charge on any atom is 0.146 e. The highest BCUT2D eigenvalue weighted by molar-refractivity contribution is 9.10. The lowest BCUT2D eigenvalue weighted by atomic mass is 10.1. The van der Waals surface area contributed by atoms with E-state index in [0.29, 0.717) is 17.8 Å². The molecule has 90 valence electrons. The van der Waals surface area contributed by atoms with E-state index in [-0.39, 0.29) is 5.82 Å². The number of hydrogen-bond acceptors (Lipinski definition) is 2. The Labute approximate surface area is 113 Å². The molecular formula is C14H10BrFN2. The Morgan fingerprint density at radius 2 is 1.89 bits per heavy atom. The van der Waals surface area contributed by atoms with Crippen LogP contribution in [0.2, 0.25) is 0 Å². The molecule has 0 aliphatic heterocycles. The zero-order valence-corrected chi connectivity index (χ0v) is 11.0. The van der Waals surface area contributed by atoms with Crippen molar-refractivity contribution in [1.82, 2.24) is 0 Å². The first-order valence-electron chi connectivity index (χ1n) is 5.37. The number of nitrogens with zero attached hydrogens (tertiary/aromatic N) is 1. The Balaban J connectivity index is 2.07. The minimum absolute atomic E-state index is 0.285. The van der Waals surface area contributed by atoms with Crippen LogP contribution < -0.4 is 5.32 Å². The van der Waals surface area contributed by atoms with E-state index in [0.717, 1.165) is 10.0 Å². The first-order chi connectivity index (χ1) is 8.69. The van der Waals surface area contributed by atoms with E-state index < -0.39 is 0 Å². The first kappa shape index (κ1) is 12.6. The van der Waals surface area contributed by atoms with Gasteiger partial charge in [-0.1, -0.05) is 28.1 Å². The van der Waals surface area contributed by atoms with Gasteiger partial charge in [0.05, 0.1) is 17.3 Å². The number of anilines is 1. The summed E-state index contributed by atoms with van der Waals surface area (Å²) < 4.78 is 14.3. The SMILES string of the molecule is N#Cc1ccc(CNc2cc(Br)ccc2F)cc1. The number of rotatable bonds is 3. The van der Waals surface area contributed by atoms with Crippen molar-refractivity contribution in [3.05, 3.63) is 63.9 Å². The summed E-state index contributed by atoms with van der Waals surface area (Å²) in [5.41, 5.74) is 2.06. The highest BCUT2D eigenvalue weighted by atomic mass is 79.9. The van der Waals surface area contributed by atoms with Crippen molar-refractivity contribution >= 4 is 21.6 Å². The molecule has 0 saturated carbocycles. The van der Waals surface area contributed by atoms with Gasteiger partial charge in [0.25, 0.3) is 0 Å². The van der Waals surface area contributed by atoms with E-state index in [1.54, 1.807) is 24.3 Å². The van der Waals surface area contributed by atoms with Gasteiger partial charge in [-0.2, -0.15) is 5.26 Å². The lowest BCUT2D eigenvalue weighted by Gasteiger charge is -2.08. The molecule has 2 aromatic carbocycles. The predicted molar refractivity (Wildman–Crippen MR) is 72.6 cm³/mol. The van der Waals surface area contributed by atoms with Crippen molar-refractivity contribution < 1.29 is 4.39 Å². The Morgan fingerprint density at radius 3 is 2.56 bits per heavy atom. The lowest BCUT2D eigenvalue weighted by Crippen LogP contribution is -2.01. The van der Waals surface area contributed by atoms with Gasteiger partial charge in [-0.25, -0.2) is 4.39 Å². The Morgan fingerprint density at radius 1 is 1.17 bits per heavy atom. The monoisotopic (exact) mass is 304 g/mol. The van der Waals surface area contributed by atoms with Gasteiger partial charge in [-0.15, -0.1) is 0 Å². The lowest BCUT2D eigenvalue weighted by molar-refractivity contribution is 0.630. The molecule has 4 heteroatoms. The van der Waals surface area contributed by atoms with E-state index in [1.165, 1.54) is 6.07 Å². The zero-order valence-electron chi connectivity index (χ0n) is 9.45. The van der Waals surface area contributed by atoms with E-state index >= 15 is 0 Å². The quantitative estimate of drug-likeness (QED) is 0.927. The fraction of sp³-hybridized carbons (Fsp3) is 0.0714. The maximum absolute atomic E-state index is 13.5. The van der Waals surface area contributed by atoms with Gasteiger partial charge in [0.1, 0.15) is 5.82 Å². The van der Waals surface area contributed by atoms with Crippen LogP contribution in [0.3, 0.4) is 0 Å². The molecule has 0 spiro atoms. The second-order valence-electron chi connectivity index (χ2n) is 3.79. The van der Waals surface area contributed by atoms with Crippen LogP contribution in [0.25, 0.3) is 0 Å². The molecule has 2 aromatic rings. The summed E-state index contributed by atoms with van der Waals surface area (Å²) in [6, 6.07) is 14.0. The van der Waals surface area contributed by atoms with Gasteiger partial charge in [-0.05, 0) is 35.9 Å². The number of nitriles is 1. The molecule has 0 saturated heterocycles. The topological polar surface area (TPSA) is 35.8 Å². The summed E-state index contributed by atoms with van der Waals surface area (Å²) in [6.45, 7) is 0.513. The van der Waals surface area contributed by atoms with Crippen LogP contribution in [-0.4, -0.2) is 0 Å². The van der Waals surface area contributed by atoms with Crippen molar-refractivity contribution in [3.8, 4) is 6.07 Å². The second kappa shape index (κ2) is 5.65. The van der Waals surface area contributed by atoms with E-state index in [1.807, 2.05) is 12.1 Å². The highest BCUT2D eigenvalue weighted by Gasteiger charge is 2.02. The molecule has 0 bridgehead atoms. The van der Waals surface area contributed by atoms with Gasteiger partial charge < -0.3 is 5.32 Å². The Kier molecular flexibility index (Phi) is 3.96. The van der Waals surface area contributed by atoms with Gasteiger partial charge in [-0.3, -0.25) is 0 Å². The summed E-state index contributed by atoms with van der Waals surface area (Å²) in [7, 11) is 0. The molecule has 18 heavy (non-hydrogen) atoms. The van der Waals surface area contributed by atoms with Crippen molar-refractivity contribution in [2.24, 2.45) is 0 Å². The van der Waals surface area contributed by atoms with Crippen LogP contribution in [-0.2, 0) is 6.54 Å². The first-order valence-corrected chi connectivity index (χ1v) is 6.16. The molecular weight excluding hydrogens is 295 g/mol. The van der Waals surface area contributed by atoms with Crippen LogP contribution in [0, 0.1) is 17.1 Å². The minimum atomic E-state index is -0.285. The minimum Gasteiger partial charge on any atom is -0.379 e. The fourth-order valence-corrected chi connectivity index (χ4v) is 1.89. The van der Waals surface area contributed by atoms with E-state index in [9.17, 15) is 4.39 Å². The van der Waals surface area contributed by atoms with Crippen molar-refractivity contribution in [2.45, 2.75) is 6.54 Å². The zero-order chi connectivity index (χ0) is 13.0. The van der Waals surface area contributed by atoms with Gasteiger partial charge in [0, 0.05) is 11.0 Å². The number of hydrogen-bond donors (Lipinski definition) is 1. The summed E-state index contributed by atoms with van der Waals surface area (Å²) in [6.07, 6.45) is 0. The van der Waals surface area contributed by atoms with E-state index in [4.69, 9.17) is 5.26 Å². The summed E-state index contributed by atoms with van der Waals surface area (Å²) in [4.78, 5) is 0. The van der Waals surface area contributed by atoms with Crippen LogP contribution in [0.4, 0.5) is 10.1 Å². The molecule has 0 aliphatic carbocycles. The van der Waals surface area contributed by atoms with Crippen LogP contribution >= 0.6 is 15.9 Å². The van der Waals surface area contributed by atoms with Crippen molar-refractivity contribution in [1.29, 1.82) is 5.26 Å².